The predicted molar refractivity (Wildman–Crippen MR) is 71.4 cm³/mol. The van der Waals surface area contributed by atoms with Gasteiger partial charge < -0.3 is 5.32 Å². The monoisotopic (exact) mass is 294 g/mol. The molecular formula is C13H12F2N4O2. The Balaban J connectivity index is 2.51. The minimum Gasteiger partial charge on any atom is -0.311 e. The minimum atomic E-state index is -1.28. The average molecular weight is 294 g/mol. The zero-order chi connectivity index (χ0) is 15.4. The SMILES string of the molecule is CCNCc1ccnc(-c2c(F)ccc([N+](=O)[O-])c2F)n1. The first-order chi connectivity index (χ1) is 10.0. The molecule has 0 saturated carbocycles. The molecule has 1 N–H and O–H groups in total. The van der Waals surface area contributed by atoms with Crippen molar-refractivity contribution in [1.29, 1.82) is 0 Å². The van der Waals surface area contributed by atoms with Crippen molar-refractivity contribution >= 4 is 5.69 Å². The molecule has 2 rings (SSSR count). The van der Waals surface area contributed by atoms with Gasteiger partial charge >= 0.3 is 5.69 Å². The van der Waals surface area contributed by atoms with Crippen LogP contribution in [0.2, 0.25) is 0 Å². The summed E-state index contributed by atoms with van der Waals surface area (Å²) in [5, 5.41) is 13.7. The summed E-state index contributed by atoms with van der Waals surface area (Å²) in [5.74, 6) is -2.44. The lowest BCUT2D eigenvalue weighted by atomic mass is 10.1. The summed E-state index contributed by atoms with van der Waals surface area (Å²) < 4.78 is 27.9. The molecule has 8 heteroatoms. The Morgan fingerprint density at radius 1 is 1.33 bits per heavy atom. The summed E-state index contributed by atoms with van der Waals surface area (Å²) >= 11 is 0. The van der Waals surface area contributed by atoms with E-state index in [0.29, 0.717) is 18.8 Å². The number of nitro benzene ring substituents is 1. The Kier molecular flexibility index (Phi) is 4.49. The average Bonchev–Trinajstić information content (AvgIpc) is 2.45. The third kappa shape index (κ3) is 3.16. The quantitative estimate of drug-likeness (QED) is 0.676. The normalized spacial score (nSPS) is 10.6. The highest BCUT2D eigenvalue weighted by atomic mass is 19.1. The van der Waals surface area contributed by atoms with Gasteiger partial charge in [-0.1, -0.05) is 6.92 Å². The Morgan fingerprint density at radius 3 is 2.76 bits per heavy atom. The molecule has 0 fully saturated rings. The molecule has 2 aromatic rings. The molecule has 0 atom stereocenters. The van der Waals surface area contributed by atoms with Crippen LogP contribution in [0.4, 0.5) is 14.5 Å². The molecule has 1 aromatic heterocycles. The van der Waals surface area contributed by atoms with Gasteiger partial charge in [0.05, 0.1) is 16.2 Å². The predicted octanol–water partition coefficient (Wildman–Crippen LogP) is 2.44. The first-order valence-electron chi connectivity index (χ1n) is 6.20. The van der Waals surface area contributed by atoms with E-state index in [0.717, 1.165) is 12.1 Å². The number of hydrogen-bond donors (Lipinski definition) is 1. The van der Waals surface area contributed by atoms with Gasteiger partial charge in [-0.25, -0.2) is 14.4 Å². The van der Waals surface area contributed by atoms with Gasteiger partial charge in [0, 0.05) is 18.8 Å². The summed E-state index contributed by atoms with van der Waals surface area (Å²) in [6, 6.07) is 3.20. The first-order valence-corrected chi connectivity index (χ1v) is 6.20. The maximum atomic E-state index is 14.1. The van der Waals surface area contributed by atoms with E-state index in [9.17, 15) is 18.9 Å². The van der Waals surface area contributed by atoms with Gasteiger partial charge in [-0.15, -0.1) is 0 Å². The van der Waals surface area contributed by atoms with Crippen LogP contribution < -0.4 is 5.32 Å². The third-order valence-electron chi connectivity index (χ3n) is 2.76. The molecule has 0 aliphatic rings. The maximum absolute atomic E-state index is 14.1. The Hall–Kier alpha value is -2.48. The van der Waals surface area contributed by atoms with Crippen LogP contribution in [0, 0.1) is 21.7 Å². The molecule has 0 aliphatic heterocycles. The van der Waals surface area contributed by atoms with Gasteiger partial charge in [-0.05, 0) is 18.7 Å². The molecule has 0 unspecified atom stereocenters. The fraction of sp³-hybridized carbons (Fsp3) is 0.231. The lowest BCUT2D eigenvalue weighted by molar-refractivity contribution is -0.387. The van der Waals surface area contributed by atoms with E-state index < -0.39 is 27.8 Å². The molecule has 0 bridgehead atoms. The Bertz CT molecular complexity index is 679. The second-order valence-corrected chi connectivity index (χ2v) is 4.16. The highest BCUT2D eigenvalue weighted by Crippen LogP contribution is 2.29. The van der Waals surface area contributed by atoms with Crippen molar-refractivity contribution in [3.05, 3.63) is 51.8 Å². The molecule has 6 nitrogen and oxygen atoms in total. The van der Waals surface area contributed by atoms with Gasteiger partial charge in [-0.2, -0.15) is 4.39 Å². The molecule has 0 aliphatic carbocycles. The summed E-state index contributed by atoms with van der Waals surface area (Å²) in [6.07, 6.45) is 1.35. The highest BCUT2D eigenvalue weighted by Gasteiger charge is 2.24. The number of rotatable bonds is 5. The topological polar surface area (TPSA) is 81.0 Å². The van der Waals surface area contributed by atoms with Crippen molar-refractivity contribution in [2.24, 2.45) is 0 Å². The second-order valence-electron chi connectivity index (χ2n) is 4.16. The smallest absolute Gasteiger partial charge is 0.305 e. The molecule has 110 valence electrons. The van der Waals surface area contributed by atoms with E-state index in [1.165, 1.54) is 6.20 Å². The van der Waals surface area contributed by atoms with Gasteiger partial charge in [0.15, 0.2) is 5.82 Å². The highest BCUT2D eigenvalue weighted by molar-refractivity contribution is 5.61. The van der Waals surface area contributed by atoms with Crippen molar-refractivity contribution < 1.29 is 13.7 Å². The van der Waals surface area contributed by atoms with Gasteiger partial charge in [0.2, 0.25) is 5.82 Å². The van der Waals surface area contributed by atoms with Gasteiger partial charge in [0.1, 0.15) is 5.82 Å². The number of halogens is 2. The molecule has 0 amide bonds. The number of nitro groups is 1. The number of aromatic nitrogens is 2. The minimum absolute atomic E-state index is 0.218. The van der Waals surface area contributed by atoms with Crippen LogP contribution in [-0.4, -0.2) is 21.4 Å². The van der Waals surface area contributed by atoms with Crippen LogP contribution in [0.25, 0.3) is 11.4 Å². The third-order valence-corrected chi connectivity index (χ3v) is 2.76. The van der Waals surface area contributed by atoms with Crippen LogP contribution >= 0.6 is 0 Å². The fourth-order valence-corrected chi connectivity index (χ4v) is 1.76. The van der Waals surface area contributed by atoms with Crippen molar-refractivity contribution in [1.82, 2.24) is 15.3 Å². The van der Waals surface area contributed by atoms with Gasteiger partial charge in [-0.3, -0.25) is 10.1 Å². The van der Waals surface area contributed by atoms with Crippen molar-refractivity contribution in [3.8, 4) is 11.4 Å². The molecule has 1 heterocycles. The van der Waals surface area contributed by atoms with E-state index in [-0.39, 0.29) is 5.82 Å². The number of nitrogens with zero attached hydrogens (tertiary/aromatic N) is 3. The zero-order valence-electron chi connectivity index (χ0n) is 11.1. The lowest BCUT2D eigenvalue weighted by Gasteiger charge is -2.06. The maximum Gasteiger partial charge on any atom is 0.305 e. The summed E-state index contributed by atoms with van der Waals surface area (Å²) in [7, 11) is 0. The van der Waals surface area contributed by atoms with E-state index in [4.69, 9.17) is 0 Å². The van der Waals surface area contributed by atoms with Crippen LogP contribution in [0.15, 0.2) is 24.4 Å². The zero-order valence-corrected chi connectivity index (χ0v) is 11.1. The Morgan fingerprint density at radius 2 is 2.10 bits per heavy atom. The molecule has 0 radical (unpaired) electrons. The van der Waals surface area contributed by atoms with Crippen LogP contribution in [0.3, 0.4) is 0 Å². The fourth-order valence-electron chi connectivity index (χ4n) is 1.76. The number of benzene rings is 1. The van der Waals surface area contributed by atoms with E-state index >= 15 is 0 Å². The Labute approximate surface area is 119 Å². The van der Waals surface area contributed by atoms with Gasteiger partial charge in [0.25, 0.3) is 0 Å². The molecule has 21 heavy (non-hydrogen) atoms. The molecule has 0 saturated heterocycles. The summed E-state index contributed by atoms with van der Waals surface area (Å²) in [6.45, 7) is 3.02. The van der Waals surface area contributed by atoms with Crippen LogP contribution in [0.5, 0.6) is 0 Å². The largest absolute Gasteiger partial charge is 0.311 e. The van der Waals surface area contributed by atoms with Crippen molar-refractivity contribution in [3.63, 3.8) is 0 Å². The molecule has 1 aromatic carbocycles. The summed E-state index contributed by atoms with van der Waals surface area (Å²) in [5.41, 5.74) is -0.873. The second kappa shape index (κ2) is 6.31. The van der Waals surface area contributed by atoms with E-state index in [1.807, 2.05) is 6.92 Å². The molecular weight excluding hydrogens is 282 g/mol. The molecule has 0 spiro atoms. The summed E-state index contributed by atoms with van der Waals surface area (Å²) in [4.78, 5) is 17.6. The lowest BCUT2D eigenvalue weighted by Crippen LogP contribution is -2.13. The van der Waals surface area contributed by atoms with E-state index in [2.05, 4.69) is 15.3 Å². The van der Waals surface area contributed by atoms with Crippen molar-refractivity contribution in [2.45, 2.75) is 13.5 Å². The van der Waals surface area contributed by atoms with Crippen LogP contribution in [0.1, 0.15) is 12.6 Å². The van der Waals surface area contributed by atoms with E-state index in [1.54, 1.807) is 6.07 Å². The number of nitrogens with one attached hydrogen (secondary N) is 1. The standard InChI is InChI=1S/C13H12F2N4O2/c1-2-16-7-8-5-6-17-13(18-8)11-9(14)3-4-10(12(11)15)19(20)21/h3-6,16H,2,7H2,1H3. The number of hydrogen-bond acceptors (Lipinski definition) is 5. The first kappa shape index (κ1) is 14.9. The van der Waals surface area contributed by atoms with Crippen molar-refractivity contribution in [2.75, 3.05) is 6.54 Å². The van der Waals surface area contributed by atoms with Crippen LogP contribution in [-0.2, 0) is 6.54 Å².